The number of benzene rings is 1. The van der Waals surface area contributed by atoms with Crippen molar-refractivity contribution in [2.24, 2.45) is 5.92 Å². The van der Waals surface area contributed by atoms with Crippen LogP contribution < -0.4 is 0 Å². The van der Waals surface area contributed by atoms with Crippen LogP contribution in [0.15, 0.2) is 30.3 Å². The quantitative estimate of drug-likeness (QED) is 0.740. The number of nitrogens with one attached hydrogen (secondary N) is 1. The monoisotopic (exact) mass is 353 g/mol. The summed E-state index contributed by atoms with van der Waals surface area (Å²) in [6.45, 7) is 8.71. The molecule has 1 aliphatic rings. The number of β-amino-alcohol motifs (C(OH)–C–C–N with tert-alkyl or cyclic N) is 1. The molecule has 6 heteroatoms. The zero-order chi connectivity index (χ0) is 18.3. The van der Waals surface area contributed by atoms with Gasteiger partial charge in [0, 0.05) is 30.7 Å². The number of nitrogens with zero attached hydrogens (tertiary/aromatic N) is 4. The van der Waals surface area contributed by atoms with Gasteiger partial charge in [-0.2, -0.15) is 5.10 Å². The largest absolute Gasteiger partial charge is 0.391 e. The summed E-state index contributed by atoms with van der Waals surface area (Å²) in [6.07, 6.45) is 0.492. The maximum atomic E-state index is 10.5. The SMILES string of the molecule is Cc1cc(C[C@@H]2CN(Cc3nc4ccccc4n3C(C)C)C[C@H]2O)n[nH]1. The Morgan fingerprint density at radius 2 is 2.08 bits per heavy atom. The molecule has 0 unspecified atom stereocenters. The van der Waals surface area contributed by atoms with Gasteiger partial charge in [-0.15, -0.1) is 0 Å². The first kappa shape index (κ1) is 17.2. The molecule has 26 heavy (non-hydrogen) atoms. The van der Waals surface area contributed by atoms with E-state index >= 15 is 0 Å². The van der Waals surface area contributed by atoms with E-state index in [0.29, 0.717) is 12.6 Å². The van der Waals surface area contributed by atoms with Gasteiger partial charge in [-0.25, -0.2) is 4.98 Å². The van der Waals surface area contributed by atoms with Gasteiger partial charge in [0.15, 0.2) is 0 Å². The molecule has 0 saturated carbocycles. The van der Waals surface area contributed by atoms with Crippen molar-refractivity contribution in [1.29, 1.82) is 0 Å². The standard InChI is InChI=1S/C20H27N5O/c1-13(2)25-18-7-5-4-6-17(18)21-20(25)12-24-10-15(19(26)11-24)9-16-8-14(3)22-23-16/h4-8,13,15,19,26H,9-12H2,1-3H3,(H,22,23)/t15-,19-/m1/s1. The lowest BCUT2D eigenvalue weighted by Crippen LogP contribution is -2.24. The summed E-state index contributed by atoms with van der Waals surface area (Å²) in [5, 5.41) is 17.8. The molecule has 2 aromatic heterocycles. The van der Waals surface area contributed by atoms with Crippen LogP contribution in [-0.2, 0) is 13.0 Å². The first-order valence-corrected chi connectivity index (χ1v) is 9.38. The van der Waals surface area contributed by atoms with Crippen molar-refractivity contribution in [3.63, 3.8) is 0 Å². The Morgan fingerprint density at radius 3 is 2.81 bits per heavy atom. The molecular formula is C20H27N5O. The Hall–Kier alpha value is -2.18. The predicted molar refractivity (Wildman–Crippen MR) is 102 cm³/mol. The average Bonchev–Trinajstić information content (AvgIpc) is 3.25. The molecule has 1 fully saturated rings. The van der Waals surface area contributed by atoms with Crippen LogP contribution in [0.1, 0.15) is 37.1 Å². The van der Waals surface area contributed by atoms with Crippen molar-refractivity contribution >= 4 is 11.0 Å². The zero-order valence-corrected chi connectivity index (χ0v) is 15.7. The van der Waals surface area contributed by atoms with Gasteiger partial charge in [-0.1, -0.05) is 12.1 Å². The molecule has 1 saturated heterocycles. The first-order chi connectivity index (χ1) is 12.5. The number of aliphatic hydroxyl groups excluding tert-OH is 1. The minimum Gasteiger partial charge on any atom is -0.391 e. The molecular weight excluding hydrogens is 326 g/mol. The number of aryl methyl sites for hydroxylation is 1. The summed E-state index contributed by atoms with van der Waals surface area (Å²) in [6, 6.07) is 10.7. The number of aliphatic hydroxyl groups is 1. The molecule has 6 nitrogen and oxygen atoms in total. The third-order valence-electron chi connectivity index (χ3n) is 5.26. The van der Waals surface area contributed by atoms with Gasteiger partial charge >= 0.3 is 0 Å². The van der Waals surface area contributed by atoms with E-state index in [1.54, 1.807) is 0 Å². The number of rotatable bonds is 5. The average molecular weight is 353 g/mol. The summed E-state index contributed by atoms with van der Waals surface area (Å²) in [4.78, 5) is 7.17. The molecule has 4 rings (SSSR count). The highest BCUT2D eigenvalue weighted by molar-refractivity contribution is 5.76. The van der Waals surface area contributed by atoms with Gasteiger partial charge in [-0.3, -0.25) is 10.00 Å². The Kier molecular flexibility index (Phi) is 4.54. The van der Waals surface area contributed by atoms with E-state index in [4.69, 9.17) is 4.98 Å². The number of fused-ring (bicyclic) bond motifs is 1. The summed E-state index contributed by atoms with van der Waals surface area (Å²) < 4.78 is 2.31. The minimum atomic E-state index is -0.316. The lowest BCUT2D eigenvalue weighted by molar-refractivity contribution is 0.140. The van der Waals surface area contributed by atoms with E-state index < -0.39 is 0 Å². The summed E-state index contributed by atoms with van der Waals surface area (Å²) in [5.74, 6) is 1.29. The number of para-hydroxylation sites is 2. The molecule has 0 radical (unpaired) electrons. The highest BCUT2D eigenvalue weighted by atomic mass is 16.3. The molecule has 3 heterocycles. The Balaban J connectivity index is 1.51. The molecule has 2 N–H and O–H groups in total. The highest BCUT2D eigenvalue weighted by Crippen LogP contribution is 2.26. The fourth-order valence-corrected chi connectivity index (χ4v) is 4.10. The van der Waals surface area contributed by atoms with E-state index in [2.05, 4.69) is 57.8 Å². The second kappa shape index (κ2) is 6.85. The van der Waals surface area contributed by atoms with Gasteiger partial charge < -0.3 is 9.67 Å². The summed E-state index contributed by atoms with van der Waals surface area (Å²) in [7, 11) is 0. The Labute approximate surface area is 153 Å². The molecule has 3 aromatic rings. The van der Waals surface area contributed by atoms with E-state index in [1.165, 1.54) is 5.52 Å². The van der Waals surface area contributed by atoms with Crippen LogP contribution in [0.3, 0.4) is 0 Å². The van der Waals surface area contributed by atoms with Crippen molar-refractivity contribution in [2.45, 2.75) is 45.9 Å². The Morgan fingerprint density at radius 1 is 1.27 bits per heavy atom. The van der Waals surface area contributed by atoms with Crippen molar-refractivity contribution in [1.82, 2.24) is 24.6 Å². The van der Waals surface area contributed by atoms with E-state index in [9.17, 15) is 5.11 Å². The van der Waals surface area contributed by atoms with E-state index in [0.717, 1.165) is 42.2 Å². The van der Waals surface area contributed by atoms with Crippen LogP contribution in [0, 0.1) is 12.8 Å². The van der Waals surface area contributed by atoms with Crippen LogP contribution in [0.5, 0.6) is 0 Å². The second-order valence-corrected chi connectivity index (χ2v) is 7.75. The molecule has 0 amide bonds. The van der Waals surface area contributed by atoms with E-state index in [1.807, 2.05) is 13.0 Å². The summed E-state index contributed by atoms with van der Waals surface area (Å²) >= 11 is 0. The number of likely N-dealkylation sites (tertiary alicyclic amines) is 1. The molecule has 138 valence electrons. The highest BCUT2D eigenvalue weighted by Gasteiger charge is 2.32. The van der Waals surface area contributed by atoms with Crippen LogP contribution in [0.4, 0.5) is 0 Å². The number of aromatic amines is 1. The lowest BCUT2D eigenvalue weighted by atomic mass is 10.0. The fourth-order valence-electron chi connectivity index (χ4n) is 4.10. The third kappa shape index (κ3) is 3.27. The van der Waals surface area contributed by atoms with Crippen molar-refractivity contribution in [3.8, 4) is 0 Å². The second-order valence-electron chi connectivity index (χ2n) is 7.75. The number of hydrogen-bond acceptors (Lipinski definition) is 4. The van der Waals surface area contributed by atoms with Gasteiger partial charge in [0.25, 0.3) is 0 Å². The smallest absolute Gasteiger partial charge is 0.124 e. The number of hydrogen-bond donors (Lipinski definition) is 2. The first-order valence-electron chi connectivity index (χ1n) is 9.38. The van der Waals surface area contributed by atoms with Crippen molar-refractivity contribution < 1.29 is 5.11 Å². The summed E-state index contributed by atoms with van der Waals surface area (Å²) in [5.41, 5.74) is 4.32. The van der Waals surface area contributed by atoms with Crippen LogP contribution >= 0.6 is 0 Å². The molecule has 0 aliphatic carbocycles. The maximum absolute atomic E-state index is 10.5. The van der Waals surface area contributed by atoms with Crippen molar-refractivity contribution in [2.75, 3.05) is 13.1 Å². The molecule has 0 spiro atoms. The fraction of sp³-hybridized carbons (Fsp3) is 0.500. The third-order valence-corrected chi connectivity index (χ3v) is 5.26. The van der Waals surface area contributed by atoms with Crippen molar-refractivity contribution in [3.05, 3.63) is 47.5 Å². The Bertz CT molecular complexity index is 897. The van der Waals surface area contributed by atoms with Gasteiger partial charge in [0.05, 0.1) is 29.4 Å². The maximum Gasteiger partial charge on any atom is 0.124 e. The van der Waals surface area contributed by atoms with Crippen LogP contribution in [-0.4, -0.2) is 48.9 Å². The number of imidazole rings is 1. The molecule has 2 atom stereocenters. The van der Waals surface area contributed by atoms with Gasteiger partial charge in [-0.05, 0) is 45.4 Å². The number of aromatic nitrogens is 4. The van der Waals surface area contributed by atoms with Gasteiger partial charge in [0.2, 0.25) is 0 Å². The predicted octanol–water partition coefficient (Wildman–Crippen LogP) is 2.68. The van der Waals surface area contributed by atoms with Crippen LogP contribution in [0.2, 0.25) is 0 Å². The minimum absolute atomic E-state index is 0.217. The molecule has 0 bridgehead atoms. The zero-order valence-electron chi connectivity index (χ0n) is 15.7. The molecule has 1 aliphatic heterocycles. The molecule has 1 aromatic carbocycles. The number of H-pyrrole nitrogens is 1. The normalized spacial score (nSPS) is 21.3. The van der Waals surface area contributed by atoms with Gasteiger partial charge in [0.1, 0.15) is 5.82 Å². The van der Waals surface area contributed by atoms with Crippen LogP contribution in [0.25, 0.3) is 11.0 Å². The topological polar surface area (TPSA) is 70.0 Å². The lowest BCUT2D eigenvalue weighted by Gasteiger charge is -2.18. The van der Waals surface area contributed by atoms with E-state index in [-0.39, 0.29) is 12.0 Å².